The Morgan fingerprint density at radius 2 is 2.00 bits per heavy atom. The van der Waals surface area contributed by atoms with E-state index in [2.05, 4.69) is 4.98 Å². The van der Waals surface area contributed by atoms with E-state index in [0.717, 1.165) is 42.0 Å². The topological polar surface area (TPSA) is 52.0 Å². The van der Waals surface area contributed by atoms with Gasteiger partial charge in [0.25, 0.3) is 0 Å². The molecular weight excluding hydrogens is 176 g/mol. The van der Waals surface area contributed by atoms with Crippen molar-refractivity contribution >= 4 is 0 Å². The largest absolute Gasteiger partial charge is 0.444 e. The van der Waals surface area contributed by atoms with E-state index in [0.29, 0.717) is 0 Å². The Bertz CT molecular complexity index is 353. The molecule has 3 heteroatoms. The molecule has 2 aliphatic rings. The molecule has 0 amide bonds. The second-order valence-corrected chi connectivity index (χ2v) is 4.98. The fourth-order valence-corrected chi connectivity index (χ4v) is 2.69. The molecule has 2 unspecified atom stereocenters. The highest BCUT2D eigenvalue weighted by atomic mass is 16.4. The van der Waals surface area contributed by atoms with Gasteiger partial charge in [0, 0.05) is 0 Å². The highest BCUT2D eigenvalue weighted by molar-refractivity contribution is 5.17. The Hall–Kier alpha value is -0.830. The summed E-state index contributed by atoms with van der Waals surface area (Å²) < 4.78 is 5.63. The van der Waals surface area contributed by atoms with Crippen molar-refractivity contribution in [3.8, 4) is 0 Å². The van der Waals surface area contributed by atoms with Gasteiger partial charge in [0.05, 0.1) is 11.2 Å². The summed E-state index contributed by atoms with van der Waals surface area (Å²) in [6.07, 6.45) is 3.51. The predicted octanol–water partition coefficient (Wildman–Crippen LogP) is 1.88. The predicted molar refractivity (Wildman–Crippen MR) is 52.7 cm³/mol. The molecule has 2 aliphatic carbocycles. The van der Waals surface area contributed by atoms with Gasteiger partial charge in [0.15, 0.2) is 0 Å². The molecule has 76 valence electrons. The molecule has 0 spiro atoms. The van der Waals surface area contributed by atoms with Gasteiger partial charge >= 0.3 is 0 Å². The third kappa shape index (κ3) is 1.05. The summed E-state index contributed by atoms with van der Waals surface area (Å²) in [5, 5.41) is 0. The van der Waals surface area contributed by atoms with Crippen LogP contribution in [-0.4, -0.2) is 4.98 Å². The molecule has 0 bridgehead atoms. The molecule has 2 saturated carbocycles. The minimum absolute atomic E-state index is 0.257. The maximum atomic E-state index is 6.33. The molecule has 1 aromatic rings. The Morgan fingerprint density at radius 1 is 1.36 bits per heavy atom. The summed E-state index contributed by atoms with van der Waals surface area (Å²) in [4.78, 5) is 4.43. The number of nitrogens with two attached hydrogens (primary N) is 1. The maximum Gasteiger partial charge on any atom is 0.214 e. The van der Waals surface area contributed by atoms with Gasteiger partial charge in [-0.3, -0.25) is 0 Å². The van der Waals surface area contributed by atoms with Crippen LogP contribution in [0.25, 0.3) is 0 Å². The Kier molecular flexibility index (Phi) is 1.45. The van der Waals surface area contributed by atoms with Crippen molar-refractivity contribution in [1.29, 1.82) is 0 Å². The van der Waals surface area contributed by atoms with Crippen LogP contribution in [0, 0.1) is 25.7 Å². The summed E-state index contributed by atoms with van der Waals surface area (Å²) in [5.41, 5.74) is 7.05. The first-order valence-corrected chi connectivity index (χ1v) is 5.32. The first-order valence-electron chi connectivity index (χ1n) is 5.32. The maximum absolute atomic E-state index is 6.33. The standard InChI is InChI=1S/C11H16N2O/c1-6-7(2)14-10(13-6)11(12)4-8-3-9(8)5-11/h8-9H,3-5,12H2,1-2H3. The van der Waals surface area contributed by atoms with E-state index in [-0.39, 0.29) is 5.54 Å². The quantitative estimate of drug-likeness (QED) is 0.739. The van der Waals surface area contributed by atoms with E-state index in [1.165, 1.54) is 6.42 Å². The van der Waals surface area contributed by atoms with Crippen LogP contribution in [0.2, 0.25) is 0 Å². The van der Waals surface area contributed by atoms with Crippen LogP contribution in [0.15, 0.2) is 4.42 Å². The lowest BCUT2D eigenvalue weighted by Crippen LogP contribution is -2.35. The van der Waals surface area contributed by atoms with Crippen LogP contribution in [0.1, 0.15) is 36.6 Å². The fraction of sp³-hybridized carbons (Fsp3) is 0.727. The van der Waals surface area contributed by atoms with E-state index >= 15 is 0 Å². The molecular formula is C11H16N2O. The number of oxazole rings is 1. The van der Waals surface area contributed by atoms with Gasteiger partial charge < -0.3 is 10.2 Å². The number of aromatic nitrogens is 1. The summed E-state index contributed by atoms with van der Waals surface area (Å²) >= 11 is 0. The monoisotopic (exact) mass is 192 g/mol. The van der Waals surface area contributed by atoms with Gasteiger partial charge in [0.2, 0.25) is 5.89 Å². The zero-order valence-electron chi connectivity index (χ0n) is 8.71. The number of aryl methyl sites for hydroxylation is 2. The third-order valence-electron chi connectivity index (χ3n) is 3.78. The highest BCUT2D eigenvalue weighted by Gasteiger charge is 2.54. The van der Waals surface area contributed by atoms with Gasteiger partial charge in [-0.1, -0.05) is 0 Å². The summed E-state index contributed by atoms with van der Waals surface area (Å²) in [6.45, 7) is 3.92. The fourth-order valence-electron chi connectivity index (χ4n) is 2.69. The van der Waals surface area contributed by atoms with E-state index in [1.54, 1.807) is 0 Å². The SMILES string of the molecule is Cc1nc(C2(N)CC3CC3C2)oc1C. The molecule has 1 heterocycles. The molecule has 2 N–H and O–H groups in total. The normalized spacial score (nSPS) is 39.9. The minimum Gasteiger partial charge on any atom is -0.444 e. The van der Waals surface area contributed by atoms with Crippen LogP contribution in [0.5, 0.6) is 0 Å². The average Bonchev–Trinajstić information content (AvgIpc) is 2.57. The lowest BCUT2D eigenvalue weighted by atomic mass is 9.95. The van der Waals surface area contributed by atoms with Crippen molar-refractivity contribution in [2.75, 3.05) is 0 Å². The number of hydrogen-bond donors (Lipinski definition) is 1. The molecule has 0 radical (unpaired) electrons. The van der Waals surface area contributed by atoms with E-state index in [4.69, 9.17) is 10.2 Å². The number of nitrogens with zero attached hydrogens (tertiary/aromatic N) is 1. The van der Waals surface area contributed by atoms with E-state index in [9.17, 15) is 0 Å². The lowest BCUT2D eigenvalue weighted by molar-refractivity contribution is 0.303. The molecule has 0 saturated heterocycles. The summed E-state index contributed by atoms with van der Waals surface area (Å²) in [6, 6.07) is 0. The van der Waals surface area contributed by atoms with Gasteiger partial charge in [-0.05, 0) is 44.9 Å². The molecule has 0 aliphatic heterocycles. The van der Waals surface area contributed by atoms with Crippen molar-refractivity contribution in [2.45, 2.75) is 38.6 Å². The number of rotatable bonds is 1. The van der Waals surface area contributed by atoms with Crippen molar-refractivity contribution in [1.82, 2.24) is 4.98 Å². The lowest BCUT2D eigenvalue weighted by Gasteiger charge is -2.21. The van der Waals surface area contributed by atoms with Gasteiger partial charge in [-0.25, -0.2) is 4.98 Å². The second kappa shape index (κ2) is 2.40. The first-order chi connectivity index (χ1) is 6.58. The zero-order valence-corrected chi connectivity index (χ0v) is 8.71. The van der Waals surface area contributed by atoms with Crippen molar-refractivity contribution in [3.63, 3.8) is 0 Å². The molecule has 2 fully saturated rings. The van der Waals surface area contributed by atoms with Gasteiger partial charge in [-0.15, -0.1) is 0 Å². The van der Waals surface area contributed by atoms with Crippen LogP contribution in [-0.2, 0) is 5.54 Å². The molecule has 3 rings (SSSR count). The van der Waals surface area contributed by atoms with Gasteiger partial charge in [-0.2, -0.15) is 0 Å². The smallest absolute Gasteiger partial charge is 0.214 e. The van der Waals surface area contributed by atoms with Crippen molar-refractivity contribution in [2.24, 2.45) is 17.6 Å². The molecule has 0 aromatic carbocycles. The van der Waals surface area contributed by atoms with Crippen molar-refractivity contribution < 1.29 is 4.42 Å². The zero-order chi connectivity index (χ0) is 9.92. The number of hydrogen-bond acceptors (Lipinski definition) is 3. The van der Waals surface area contributed by atoms with Crippen LogP contribution < -0.4 is 5.73 Å². The third-order valence-corrected chi connectivity index (χ3v) is 3.78. The van der Waals surface area contributed by atoms with Crippen LogP contribution in [0.4, 0.5) is 0 Å². The highest BCUT2D eigenvalue weighted by Crippen LogP contribution is 2.58. The average molecular weight is 192 g/mol. The summed E-state index contributed by atoms with van der Waals surface area (Å²) in [5.74, 6) is 3.38. The number of fused-ring (bicyclic) bond motifs is 1. The van der Waals surface area contributed by atoms with Crippen molar-refractivity contribution in [3.05, 3.63) is 17.3 Å². The van der Waals surface area contributed by atoms with E-state index < -0.39 is 0 Å². The minimum atomic E-state index is -0.257. The van der Waals surface area contributed by atoms with Gasteiger partial charge in [0.1, 0.15) is 5.76 Å². The molecule has 1 aromatic heterocycles. The molecule has 3 nitrogen and oxygen atoms in total. The Labute approximate surface area is 83.7 Å². The second-order valence-electron chi connectivity index (χ2n) is 4.98. The molecule has 14 heavy (non-hydrogen) atoms. The van der Waals surface area contributed by atoms with E-state index in [1.807, 2.05) is 13.8 Å². The van der Waals surface area contributed by atoms with Crippen LogP contribution >= 0.6 is 0 Å². The Morgan fingerprint density at radius 3 is 2.50 bits per heavy atom. The summed E-state index contributed by atoms with van der Waals surface area (Å²) in [7, 11) is 0. The Balaban J connectivity index is 1.94. The molecule has 2 atom stereocenters. The van der Waals surface area contributed by atoms with Crippen LogP contribution in [0.3, 0.4) is 0 Å². The first kappa shape index (κ1) is 8.48.